The number of benzene rings is 2. The number of hydrogen-bond acceptors (Lipinski definition) is 6. The van der Waals surface area contributed by atoms with E-state index in [2.05, 4.69) is 15.3 Å². The van der Waals surface area contributed by atoms with E-state index < -0.39 is 10.0 Å². The van der Waals surface area contributed by atoms with E-state index in [1.165, 1.54) is 18.3 Å². The fourth-order valence-corrected chi connectivity index (χ4v) is 3.40. The van der Waals surface area contributed by atoms with E-state index in [-0.39, 0.29) is 39.8 Å². The molecule has 0 fully saturated rings. The smallest absolute Gasteiger partial charge is 0.238 e. The average Bonchev–Trinajstić information content (AvgIpc) is 2.55. The molecule has 0 aliphatic heterocycles. The number of halogens is 1. The van der Waals surface area contributed by atoms with Crippen molar-refractivity contribution in [2.24, 2.45) is 5.14 Å². The summed E-state index contributed by atoms with van der Waals surface area (Å²) in [5.41, 5.74) is 6.66. The van der Waals surface area contributed by atoms with Crippen LogP contribution in [0.4, 0.5) is 11.6 Å². The van der Waals surface area contributed by atoms with Gasteiger partial charge in [-0.15, -0.1) is 0 Å². The maximum Gasteiger partial charge on any atom is 0.238 e. The van der Waals surface area contributed by atoms with Crippen molar-refractivity contribution in [3.05, 3.63) is 53.2 Å². The summed E-state index contributed by atoms with van der Waals surface area (Å²) in [6.45, 7) is 0. The van der Waals surface area contributed by atoms with E-state index in [0.29, 0.717) is 10.6 Å². The number of fused-ring (bicyclic) bond motifs is 1. The molecule has 0 saturated carbocycles. The Morgan fingerprint density at radius 3 is 2.65 bits per heavy atom. The van der Waals surface area contributed by atoms with Crippen LogP contribution in [0.15, 0.2) is 47.5 Å². The second kappa shape index (κ2) is 6.87. The number of carbonyl (C=O) groups excluding carboxylic acids is 1. The molecule has 1 heterocycles. The van der Waals surface area contributed by atoms with E-state index >= 15 is 0 Å². The van der Waals surface area contributed by atoms with Crippen LogP contribution in [0.3, 0.4) is 0 Å². The van der Waals surface area contributed by atoms with E-state index in [1.54, 1.807) is 24.3 Å². The van der Waals surface area contributed by atoms with E-state index in [1.807, 2.05) is 0 Å². The topological polar surface area (TPSA) is 141 Å². The van der Waals surface area contributed by atoms with Crippen molar-refractivity contribution in [1.29, 1.82) is 0 Å². The Labute approximate surface area is 154 Å². The molecule has 3 aromatic rings. The molecule has 26 heavy (non-hydrogen) atoms. The summed E-state index contributed by atoms with van der Waals surface area (Å²) in [5, 5.41) is 8.56. The van der Waals surface area contributed by atoms with Crippen LogP contribution in [-0.4, -0.2) is 24.3 Å². The zero-order valence-electron chi connectivity index (χ0n) is 13.3. The highest BCUT2D eigenvalue weighted by Gasteiger charge is 2.17. The Hall–Kier alpha value is -2.75. The van der Waals surface area contributed by atoms with E-state index in [0.717, 1.165) is 0 Å². The molecular weight excluding hydrogens is 378 g/mol. The number of primary sulfonamides is 1. The fraction of sp³-hybridized carbons (Fsp3) is 0.0625. The van der Waals surface area contributed by atoms with Gasteiger partial charge in [-0.2, -0.15) is 0 Å². The molecular formula is C16H14ClN5O3S. The summed E-state index contributed by atoms with van der Waals surface area (Å²) in [6, 6.07) is 9.68. The van der Waals surface area contributed by atoms with Gasteiger partial charge in [-0.05, 0) is 23.8 Å². The van der Waals surface area contributed by atoms with Crippen LogP contribution in [0.5, 0.6) is 0 Å². The first-order valence-electron chi connectivity index (χ1n) is 7.36. The molecule has 1 aromatic heterocycles. The minimum Gasteiger partial charge on any atom is -0.368 e. The van der Waals surface area contributed by atoms with Crippen LogP contribution in [-0.2, 0) is 21.2 Å². The minimum absolute atomic E-state index is 0.0222. The molecule has 3 rings (SSSR count). The molecule has 0 bridgehead atoms. The average molecular weight is 392 g/mol. The predicted octanol–water partition coefficient (Wildman–Crippen LogP) is 1.69. The largest absolute Gasteiger partial charge is 0.368 e. The number of hydrogen-bond donors (Lipinski definition) is 3. The molecule has 0 unspecified atom stereocenters. The van der Waals surface area contributed by atoms with Gasteiger partial charge in [0.15, 0.2) is 0 Å². The maximum atomic E-state index is 12.3. The number of nitrogens with two attached hydrogens (primary N) is 2. The summed E-state index contributed by atoms with van der Waals surface area (Å²) in [4.78, 5) is 19.9. The minimum atomic E-state index is -4.06. The number of nitrogens with one attached hydrogen (secondary N) is 1. The second-order valence-corrected chi connectivity index (χ2v) is 7.43. The molecule has 2 aromatic carbocycles. The zero-order chi connectivity index (χ0) is 18.9. The van der Waals surface area contributed by atoms with Gasteiger partial charge in [-0.3, -0.25) is 4.79 Å². The van der Waals surface area contributed by atoms with Gasteiger partial charge in [0.2, 0.25) is 21.9 Å². The normalized spacial score (nSPS) is 11.5. The summed E-state index contributed by atoms with van der Waals surface area (Å²) in [6.07, 6.45) is 1.29. The third kappa shape index (κ3) is 3.90. The van der Waals surface area contributed by atoms with Gasteiger partial charge in [0.25, 0.3) is 0 Å². The summed E-state index contributed by atoms with van der Waals surface area (Å²) in [5.74, 6) is -0.405. The molecule has 0 atom stereocenters. The molecule has 0 saturated heterocycles. The zero-order valence-corrected chi connectivity index (χ0v) is 14.9. The van der Waals surface area contributed by atoms with Crippen LogP contribution in [0.2, 0.25) is 5.02 Å². The highest BCUT2D eigenvalue weighted by Crippen LogP contribution is 2.26. The van der Waals surface area contributed by atoms with Crippen LogP contribution in [0, 0.1) is 0 Å². The second-order valence-electron chi connectivity index (χ2n) is 5.50. The summed E-state index contributed by atoms with van der Waals surface area (Å²) < 4.78 is 23.7. The summed E-state index contributed by atoms with van der Waals surface area (Å²) >= 11 is 6.05. The Bertz CT molecular complexity index is 1120. The first kappa shape index (κ1) is 18.1. The van der Waals surface area contributed by atoms with Gasteiger partial charge in [-0.25, -0.2) is 23.5 Å². The lowest BCUT2D eigenvalue weighted by Gasteiger charge is -2.10. The van der Waals surface area contributed by atoms with Gasteiger partial charge in [0, 0.05) is 22.3 Å². The van der Waals surface area contributed by atoms with Crippen molar-refractivity contribution in [1.82, 2.24) is 9.97 Å². The van der Waals surface area contributed by atoms with E-state index in [9.17, 15) is 13.2 Å². The third-order valence-corrected chi connectivity index (χ3v) is 4.90. The Morgan fingerprint density at radius 1 is 1.23 bits per heavy atom. The molecule has 10 heteroatoms. The molecule has 0 spiro atoms. The first-order valence-corrected chi connectivity index (χ1v) is 9.29. The summed E-state index contributed by atoms with van der Waals surface area (Å²) in [7, 11) is -4.06. The first-order chi connectivity index (χ1) is 12.2. The lowest BCUT2D eigenvalue weighted by Crippen LogP contribution is -2.17. The van der Waals surface area contributed by atoms with Crippen molar-refractivity contribution in [3.8, 4) is 0 Å². The Balaban J connectivity index is 1.97. The Kier molecular flexibility index (Phi) is 4.77. The van der Waals surface area contributed by atoms with Crippen LogP contribution < -0.4 is 16.2 Å². The Morgan fingerprint density at radius 2 is 1.96 bits per heavy atom. The van der Waals surface area contributed by atoms with Gasteiger partial charge in [0.1, 0.15) is 0 Å². The SMILES string of the molecule is Nc1ncc2c(S(N)(=O)=O)cc(NC(=O)Cc3ccccc3Cl)cc2n1. The van der Waals surface area contributed by atoms with Crippen LogP contribution >= 0.6 is 11.6 Å². The number of nitrogens with zero attached hydrogens (tertiary/aromatic N) is 2. The lowest BCUT2D eigenvalue weighted by molar-refractivity contribution is -0.115. The molecule has 1 amide bonds. The highest BCUT2D eigenvalue weighted by molar-refractivity contribution is 7.89. The van der Waals surface area contributed by atoms with Gasteiger partial charge < -0.3 is 11.1 Å². The molecule has 0 aliphatic rings. The maximum absolute atomic E-state index is 12.3. The predicted molar refractivity (Wildman–Crippen MR) is 99.1 cm³/mol. The van der Waals surface area contributed by atoms with Crippen molar-refractivity contribution < 1.29 is 13.2 Å². The van der Waals surface area contributed by atoms with Gasteiger partial charge in [0.05, 0.1) is 16.8 Å². The number of anilines is 2. The van der Waals surface area contributed by atoms with Crippen molar-refractivity contribution >= 4 is 50.1 Å². The number of rotatable bonds is 4. The van der Waals surface area contributed by atoms with Crippen molar-refractivity contribution in [2.45, 2.75) is 11.3 Å². The molecule has 0 aliphatic carbocycles. The number of amides is 1. The van der Waals surface area contributed by atoms with Crippen molar-refractivity contribution in [3.63, 3.8) is 0 Å². The quantitative estimate of drug-likeness (QED) is 0.617. The molecule has 0 radical (unpaired) electrons. The standard InChI is InChI=1S/C16H14ClN5O3S/c17-12-4-2-1-3-9(12)5-15(23)21-10-6-13-11(8-20-16(18)22-13)14(7-10)26(19,24)25/h1-4,6-8H,5H2,(H,21,23)(H2,18,20,22)(H2,19,24,25). The molecule has 5 N–H and O–H groups in total. The van der Waals surface area contributed by atoms with Crippen molar-refractivity contribution in [2.75, 3.05) is 11.1 Å². The molecule has 134 valence electrons. The number of nitrogen functional groups attached to an aromatic ring is 1. The number of aromatic nitrogens is 2. The van der Waals surface area contributed by atoms with Crippen LogP contribution in [0.1, 0.15) is 5.56 Å². The third-order valence-electron chi connectivity index (χ3n) is 3.58. The van der Waals surface area contributed by atoms with Gasteiger partial charge >= 0.3 is 0 Å². The highest BCUT2D eigenvalue weighted by atomic mass is 35.5. The van der Waals surface area contributed by atoms with Crippen LogP contribution in [0.25, 0.3) is 10.9 Å². The number of carbonyl (C=O) groups is 1. The number of sulfonamides is 1. The molecule has 8 nitrogen and oxygen atoms in total. The lowest BCUT2D eigenvalue weighted by atomic mass is 10.1. The van der Waals surface area contributed by atoms with E-state index in [4.69, 9.17) is 22.5 Å². The monoisotopic (exact) mass is 391 g/mol. The fourth-order valence-electron chi connectivity index (χ4n) is 2.44. The van der Waals surface area contributed by atoms with Gasteiger partial charge in [-0.1, -0.05) is 29.8 Å².